The Morgan fingerprint density at radius 3 is 2.53 bits per heavy atom. The molecule has 1 aromatic heterocycles. The lowest BCUT2D eigenvalue weighted by molar-refractivity contribution is 0.382. The van der Waals surface area contributed by atoms with Crippen LogP contribution in [0.2, 0.25) is 0 Å². The van der Waals surface area contributed by atoms with Gasteiger partial charge in [-0.3, -0.25) is 9.36 Å². The van der Waals surface area contributed by atoms with E-state index in [9.17, 15) is 4.79 Å². The zero-order valence-corrected chi connectivity index (χ0v) is 9.19. The van der Waals surface area contributed by atoms with Gasteiger partial charge in [0.1, 0.15) is 0 Å². The molecule has 0 unspecified atom stereocenters. The number of hydrogen-bond donors (Lipinski definition) is 0. The summed E-state index contributed by atoms with van der Waals surface area (Å²) < 4.78 is 1.66. The van der Waals surface area contributed by atoms with Crippen LogP contribution in [0.15, 0.2) is 35.4 Å². The lowest BCUT2D eigenvalue weighted by Gasteiger charge is -2.21. The first kappa shape index (κ1) is 9.90. The van der Waals surface area contributed by atoms with E-state index in [0.29, 0.717) is 5.39 Å². The van der Waals surface area contributed by atoms with Crippen molar-refractivity contribution in [2.75, 3.05) is 0 Å². The minimum Gasteiger partial charge on any atom is -0.293 e. The van der Waals surface area contributed by atoms with Gasteiger partial charge in [-0.25, -0.2) is 4.98 Å². The van der Waals surface area contributed by atoms with Crippen LogP contribution in [0.25, 0.3) is 10.9 Å². The van der Waals surface area contributed by atoms with Gasteiger partial charge in [-0.15, -0.1) is 0 Å². The van der Waals surface area contributed by atoms with E-state index in [0.717, 1.165) is 5.52 Å². The standard InChI is InChI=1S/C12H14N2O/c1-12(2,3)14-8-13-10-7-5-4-6-9(10)11(14)15/h4-8H,1-3H3. The average Bonchev–Trinajstić information content (AvgIpc) is 2.16. The number of aromatic nitrogens is 2. The number of nitrogens with zero attached hydrogens (tertiary/aromatic N) is 2. The van der Waals surface area contributed by atoms with Crippen LogP contribution in [0, 0.1) is 0 Å². The van der Waals surface area contributed by atoms with Crippen LogP contribution in [0.4, 0.5) is 0 Å². The number of para-hydroxylation sites is 1. The van der Waals surface area contributed by atoms with Crippen molar-refractivity contribution in [3.05, 3.63) is 40.9 Å². The van der Waals surface area contributed by atoms with Gasteiger partial charge in [0.2, 0.25) is 0 Å². The molecule has 0 atom stereocenters. The van der Waals surface area contributed by atoms with Crippen molar-refractivity contribution in [1.82, 2.24) is 9.55 Å². The molecule has 3 nitrogen and oxygen atoms in total. The molecule has 78 valence electrons. The summed E-state index contributed by atoms with van der Waals surface area (Å²) in [6, 6.07) is 7.41. The molecule has 15 heavy (non-hydrogen) atoms. The average molecular weight is 202 g/mol. The van der Waals surface area contributed by atoms with Gasteiger partial charge in [0.25, 0.3) is 5.56 Å². The van der Waals surface area contributed by atoms with E-state index in [1.54, 1.807) is 10.9 Å². The van der Waals surface area contributed by atoms with Gasteiger partial charge in [0.05, 0.1) is 17.2 Å². The molecule has 0 radical (unpaired) electrons. The summed E-state index contributed by atoms with van der Waals surface area (Å²) in [5.41, 5.74) is 0.546. The summed E-state index contributed by atoms with van der Waals surface area (Å²) in [5.74, 6) is 0. The van der Waals surface area contributed by atoms with Crippen molar-refractivity contribution >= 4 is 10.9 Å². The van der Waals surface area contributed by atoms with Gasteiger partial charge in [0, 0.05) is 5.54 Å². The number of rotatable bonds is 0. The Balaban J connectivity index is 2.83. The molecular weight excluding hydrogens is 188 g/mol. The Hall–Kier alpha value is -1.64. The van der Waals surface area contributed by atoms with Gasteiger partial charge < -0.3 is 0 Å². The number of benzene rings is 1. The minimum atomic E-state index is -0.228. The van der Waals surface area contributed by atoms with Gasteiger partial charge >= 0.3 is 0 Å². The highest BCUT2D eigenvalue weighted by atomic mass is 16.1. The van der Waals surface area contributed by atoms with Crippen LogP contribution in [0.5, 0.6) is 0 Å². The van der Waals surface area contributed by atoms with Gasteiger partial charge in [-0.2, -0.15) is 0 Å². The maximum absolute atomic E-state index is 12.1. The quantitative estimate of drug-likeness (QED) is 0.656. The molecular formula is C12H14N2O. The van der Waals surface area contributed by atoms with Gasteiger partial charge in [-0.05, 0) is 32.9 Å². The van der Waals surface area contributed by atoms with Crippen LogP contribution in [-0.4, -0.2) is 9.55 Å². The Labute approximate surface area is 88.4 Å². The van der Waals surface area contributed by atoms with Crippen molar-refractivity contribution in [2.45, 2.75) is 26.3 Å². The molecule has 0 amide bonds. The SMILES string of the molecule is CC(C)(C)n1cnc2ccccc2c1=O. The topological polar surface area (TPSA) is 34.9 Å². The molecule has 0 aliphatic heterocycles. The molecule has 2 aromatic rings. The molecule has 0 saturated carbocycles. The second-order valence-electron chi connectivity index (χ2n) is 4.61. The molecule has 2 rings (SSSR count). The molecule has 0 aliphatic carbocycles. The van der Waals surface area contributed by atoms with Crippen molar-refractivity contribution in [2.24, 2.45) is 0 Å². The molecule has 1 aromatic carbocycles. The maximum Gasteiger partial charge on any atom is 0.261 e. The summed E-state index contributed by atoms with van der Waals surface area (Å²) in [6.45, 7) is 5.97. The summed E-state index contributed by atoms with van der Waals surface area (Å²) in [6.07, 6.45) is 1.62. The third kappa shape index (κ3) is 1.65. The van der Waals surface area contributed by atoms with E-state index in [1.807, 2.05) is 45.0 Å². The fourth-order valence-corrected chi connectivity index (χ4v) is 1.55. The first-order valence-corrected chi connectivity index (χ1v) is 4.97. The van der Waals surface area contributed by atoms with E-state index >= 15 is 0 Å². The summed E-state index contributed by atoms with van der Waals surface area (Å²) in [7, 11) is 0. The van der Waals surface area contributed by atoms with Crippen LogP contribution in [-0.2, 0) is 5.54 Å². The van der Waals surface area contributed by atoms with E-state index in [-0.39, 0.29) is 11.1 Å². The van der Waals surface area contributed by atoms with E-state index in [1.165, 1.54) is 0 Å². The minimum absolute atomic E-state index is 0.0214. The Kier molecular flexibility index (Phi) is 2.11. The lowest BCUT2D eigenvalue weighted by Crippen LogP contribution is -2.33. The van der Waals surface area contributed by atoms with Crippen LogP contribution in [0.3, 0.4) is 0 Å². The normalized spacial score (nSPS) is 11.9. The predicted octanol–water partition coefficient (Wildman–Crippen LogP) is 2.15. The highest BCUT2D eigenvalue weighted by Crippen LogP contribution is 2.12. The fraction of sp³-hybridized carbons (Fsp3) is 0.333. The first-order chi connectivity index (χ1) is 7.00. The second kappa shape index (κ2) is 3.19. The van der Waals surface area contributed by atoms with E-state index in [4.69, 9.17) is 0 Å². The zero-order valence-electron chi connectivity index (χ0n) is 9.19. The molecule has 0 aliphatic rings. The second-order valence-corrected chi connectivity index (χ2v) is 4.61. The first-order valence-electron chi connectivity index (χ1n) is 4.97. The van der Waals surface area contributed by atoms with Crippen LogP contribution in [0.1, 0.15) is 20.8 Å². The smallest absolute Gasteiger partial charge is 0.261 e. The highest BCUT2D eigenvalue weighted by Gasteiger charge is 2.15. The highest BCUT2D eigenvalue weighted by molar-refractivity contribution is 5.76. The number of fused-ring (bicyclic) bond motifs is 1. The van der Waals surface area contributed by atoms with E-state index in [2.05, 4.69) is 4.98 Å². The molecule has 0 bridgehead atoms. The molecule has 0 saturated heterocycles. The van der Waals surface area contributed by atoms with Crippen molar-refractivity contribution < 1.29 is 0 Å². The fourth-order valence-electron chi connectivity index (χ4n) is 1.55. The summed E-state index contributed by atoms with van der Waals surface area (Å²) >= 11 is 0. The van der Waals surface area contributed by atoms with Crippen molar-refractivity contribution in [1.29, 1.82) is 0 Å². The molecule has 0 spiro atoms. The molecule has 1 heterocycles. The Morgan fingerprint density at radius 2 is 1.87 bits per heavy atom. The van der Waals surface area contributed by atoms with Crippen molar-refractivity contribution in [3.8, 4) is 0 Å². The largest absolute Gasteiger partial charge is 0.293 e. The summed E-state index contributed by atoms with van der Waals surface area (Å²) in [4.78, 5) is 16.4. The number of hydrogen-bond acceptors (Lipinski definition) is 2. The van der Waals surface area contributed by atoms with Crippen LogP contribution >= 0.6 is 0 Å². The predicted molar refractivity (Wildman–Crippen MR) is 61.0 cm³/mol. The molecule has 0 N–H and O–H groups in total. The van der Waals surface area contributed by atoms with Crippen molar-refractivity contribution in [3.63, 3.8) is 0 Å². The maximum atomic E-state index is 12.1. The molecule has 3 heteroatoms. The van der Waals surface area contributed by atoms with E-state index < -0.39 is 0 Å². The Bertz CT molecular complexity index is 549. The zero-order chi connectivity index (χ0) is 11.1. The Morgan fingerprint density at radius 1 is 1.20 bits per heavy atom. The third-order valence-electron chi connectivity index (χ3n) is 2.39. The monoisotopic (exact) mass is 202 g/mol. The van der Waals surface area contributed by atoms with Crippen LogP contribution < -0.4 is 5.56 Å². The van der Waals surface area contributed by atoms with Gasteiger partial charge in [-0.1, -0.05) is 12.1 Å². The summed E-state index contributed by atoms with van der Waals surface area (Å²) in [5, 5.41) is 0.676. The molecule has 0 fully saturated rings. The lowest BCUT2D eigenvalue weighted by atomic mass is 10.1. The van der Waals surface area contributed by atoms with Gasteiger partial charge in [0.15, 0.2) is 0 Å². The third-order valence-corrected chi connectivity index (χ3v) is 2.39.